The van der Waals surface area contributed by atoms with Crippen LogP contribution < -0.4 is 10.1 Å². The minimum atomic E-state index is -0.239. The molecule has 0 fully saturated rings. The van der Waals surface area contributed by atoms with Gasteiger partial charge in [-0.1, -0.05) is 18.2 Å². The van der Waals surface area contributed by atoms with Crippen LogP contribution >= 0.6 is 0 Å². The highest BCUT2D eigenvalue weighted by atomic mass is 16.5. The van der Waals surface area contributed by atoms with Crippen LogP contribution in [0, 0.1) is 0 Å². The molecule has 1 amide bonds. The van der Waals surface area contributed by atoms with Gasteiger partial charge in [-0.3, -0.25) is 4.79 Å². The summed E-state index contributed by atoms with van der Waals surface area (Å²) in [5, 5.41) is 6.91. The minimum absolute atomic E-state index is 0.239. The number of ether oxygens (including phenoxy) is 1. The van der Waals surface area contributed by atoms with E-state index in [1.54, 1.807) is 29.0 Å². The molecule has 0 saturated carbocycles. The fourth-order valence-corrected chi connectivity index (χ4v) is 1.88. The van der Waals surface area contributed by atoms with Crippen molar-refractivity contribution in [3.8, 4) is 5.75 Å². The molecule has 0 saturated heterocycles. The fourth-order valence-electron chi connectivity index (χ4n) is 1.88. The highest BCUT2D eigenvalue weighted by molar-refractivity contribution is 5.93. The van der Waals surface area contributed by atoms with Crippen molar-refractivity contribution in [3.05, 3.63) is 60.6 Å². The third kappa shape index (κ3) is 3.17. The summed E-state index contributed by atoms with van der Waals surface area (Å²) < 4.78 is 7.06. The number of amides is 1. The van der Waals surface area contributed by atoms with Gasteiger partial charge in [-0.15, -0.1) is 0 Å². The van der Waals surface area contributed by atoms with Gasteiger partial charge in [-0.25, -0.2) is 9.50 Å². The lowest BCUT2D eigenvalue weighted by Gasteiger charge is -2.06. The number of aromatic nitrogens is 3. The first-order valence-corrected chi connectivity index (χ1v) is 6.59. The molecule has 21 heavy (non-hydrogen) atoms. The number of rotatable bonds is 5. The summed E-state index contributed by atoms with van der Waals surface area (Å²) in [5.41, 5.74) is 0.983. The van der Waals surface area contributed by atoms with E-state index in [0.717, 1.165) is 5.75 Å². The van der Waals surface area contributed by atoms with E-state index in [4.69, 9.17) is 4.74 Å². The van der Waals surface area contributed by atoms with E-state index < -0.39 is 0 Å². The standard InChI is InChI=1S/C15H14N4O2/c20-15(13-11-14-16-7-4-9-19(14)18-13)17-8-10-21-12-5-2-1-3-6-12/h1-7,9,11H,8,10H2,(H,17,20). The van der Waals surface area contributed by atoms with Crippen LogP contribution in [0.5, 0.6) is 5.75 Å². The van der Waals surface area contributed by atoms with Crippen molar-refractivity contribution >= 4 is 11.6 Å². The molecule has 0 aliphatic rings. The van der Waals surface area contributed by atoms with E-state index >= 15 is 0 Å². The van der Waals surface area contributed by atoms with Gasteiger partial charge in [0.1, 0.15) is 12.4 Å². The molecule has 0 aliphatic heterocycles. The van der Waals surface area contributed by atoms with Crippen LogP contribution in [-0.2, 0) is 0 Å². The SMILES string of the molecule is O=C(NCCOc1ccccc1)c1cc2ncccn2n1. The van der Waals surface area contributed by atoms with E-state index in [-0.39, 0.29) is 5.91 Å². The number of nitrogens with one attached hydrogen (secondary N) is 1. The van der Waals surface area contributed by atoms with Crippen LogP contribution in [0.2, 0.25) is 0 Å². The van der Waals surface area contributed by atoms with Crippen molar-refractivity contribution < 1.29 is 9.53 Å². The Morgan fingerprint density at radius 1 is 1.24 bits per heavy atom. The van der Waals surface area contributed by atoms with E-state index in [0.29, 0.717) is 24.5 Å². The minimum Gasteiger partial charge on any atom is -0.492 e. The molecule has 6 heteroatoms. The molecule has 0 bridgehead atoms. The Morgan fingerprint density at radius 2 is 2.10 bits per heavy atom. The van der Waals surface area contributed by atoms with Crippen molar-refractivity contribution in [1.29, 1.82) is 0 Å². The zero-order valence-electron chi connectivity index (χ0n) is 11.3. The molecule has 2 heterocycles. The van der Waals surface area contributed by atoms with Gasteiger partial charge in [0.05, 0.1) is 6.54 Å². The highest BCUT2D eigenvalue weighted by Crippen LogP contribution is 2.07. The van der Waals surface area contributed by atoms with Gasteiger partial charge in [0.25, 0.3) is 5.91 Å². The number of para-hydroxylation sites is 1. The lowest BCUT2D eigenvalue weighted by atomic mass is 10.3. The summed E-state index contributed by atoms with van der Waals surface area (Å²) in [6.45, 7) is 0.816. The summed E-state index contributed by atoms with van der Waals surface area (Å²) in [4.78, 5) is 16.1. The van der Waals surface area contributed by atoms with E-state index in [9.17, 15) is 4.79 Å². The third-order valence-corrected chi connectivity index (χ3v) is 2.87. The molecular weight excluding hydrogens is 268 g/mol. The van der Waals surface area contributed by atoms with Gasteiger partial charge in [0.2, 0.25) is 0 Å². The molecule has 0 atom stereocenters. The average molecular weight is 282 g/mol. The number of hydrogen-bond acceptors (Lipinski definition) is 4. The maximum absolute atomic E-state index is 12.0. The zero-order valence-corrected chi connectivity index (χ0v) is 11.3. The first-order chi connectivity index (χ1) is 10.3. The predicted molar refractivity (Wildman–Crippen MR) is 77.3 cm³/mol. The zero-order chi connectivity index (χ0) is 14.5. The summed E-state index contributed by atoms with van der Waals surface area (Å²) in [5.74, 6) is 0.542. The summed E-state index contributed by atoms with van der Waals surface area (Å²) in [6.07, 6.45) is 3.41. The molecule has 0 spiro atoms. The predicted octanol–water partition coefficient (Wildman–Crippen LogP) is 1.54. The van der Waals surface area contributed by atoms with Crippen molar-refractivity contribution in [2.75, 3.05) is 13.2 Å². The van der Waals surface area contributed by atoms with E-state index in [2.05, 4.69) is 15.4 Å². The molecule has 1 aromatic carbocycles. The summed E-state index contributed by atoms with van der Waals surface area (Å²) in [6, 6.07) is 12.9. The van der Waals surface area contributed by atoms with Crippen LogP contribution in [0.15, 0.2) is 54.9 Å². The Kier molecular flexibility index (Phi) is 3.77. The lowest BCUT2D eigenvalue weighted by Crippen LogP contribution is -2.28. The molecular formula is C15H14N4O2. The van der Waals surface area contributed by atoms with E-state index in [1.165, 1.54) is 0 Å². The third-order valence-electron chi connectivity index (χ3n) is 2.87. The van der Waals surface area contributed by atoms with Crippen LogP contribution in [0.1, 0.15) is 10.5 Å². The Balaban J connectivity index is 1.52. The Morgan fingerprint density at radius 3 is 2.90 bits per heavy atom. The van der Waals surface area contributed by atoms with Crippen molar-refractivity contribution in [2.24, 2.45) is 0 Å². The molecule has 1 N–H and O–H groups in total. The van der Waals surface area contributed by atoms with Crippen LogP contribution in [0.4, 0.5) is 0 Å². The van der Waals surface area contributed by atoms with Crippen LogP contribution in [-0.4, -0.2) is 33.7 Å². The van der Waals surface area contributed by atoms with Gasteiger partial charge >= 0.3 is 0 Å². The molecule has 0 aliphatic carbocycles. The van der Waals surface area contributed by atoms with Crippen molar-refractivity contribution in [1.82, 2.24) is 19.9 Å². The first kappa shape index (κ1) is 13.1. The highest BCUT2D eigenvalue weighted by Gasteiger charge is 2.10. The van der Waals surface area contributed by atoms with Gasteiger partial charge in [-0.05, 0) is 18.2 Å². The Hall–Kier alpha value is -2.89. The van der Waals surface area contributed by atoms with Gasteiger partial charge in [-0.2, -0.15) is 5.10 Å². The molecule has 3 rings (SSSR count). The fraction of sp³-hybridized carbons (Fsp3) is 0.133. The number of fused-ring (bicyclic) bond motifs is 1. The maximum atomic E-state index is 12.0. The second-order valence-electron chi connectivity index (χ2n) is 4.37. The Bertz CT molecular complexity index is 707. The molecule has 3 aromatic rings. The van der Waals surface area contributed by atoms with Gasteiger partial charge in [0.15, 0.2) is 11.3 Å². The largest absolute Gasteiger partial charge is 0.492 e. The second-order valence-corrected chi connectivity index (χ2v) is 4.37. The van der Waals surface area contributed by atoms with E-state index in [1.807, 2.05) is 30.3 Å². The van der Waals surface area contributed by atoms with Crippen LogP contribution in [0.3, 0.4) is 0 Å². The summed E-state index contributed by atoms with van der Waals surface area (Å²) >= 11 is 0. The topological polar surface area (TPSA) is 68.5 Å². The molecule has 106 valence electrons. The molecule has 6 nitrogen and oxygen atoms in total. The summed E-state index contributed by atoms with van der Waals surface area (Å²) in [7, 11) is 0. The molecule has 2 aromatic heterocycles. The van der Waals surface area contributed by atoms with Crippen LogP contribution in [0.25, 0.3) is 5.65 Å². The Labute approximate surface area is 121 Å². The average Bonchev–Trinajstić information content (AvgIpc) is 2.96. The van der Waals surface area contributed by atoms with Crippen molar-refractivity contribution in [3.63, 3.8) is 0 Å². The number of benzene rings is 1. The molecule has 0 radical (unpaired) electrons. The quantitative estimate of drug-likeness (QED) is 0.721. The second kappa shape index (κ2) is 6.04. The monoisotopic (exact) mass is 282 g/mol. The maximum Gasteiger partial charge on any atom is 0.271 e. The van der Waals surface area contributed by atoms with Gasteiger partial charge < -0.3 is 10.1 Å². The number of carbonyl (C=O) groups excluding carboxylic acids is 1. The smallest absolute Gasteiger partial charge is 0.271 e. The number of nitrogens with zero attached hydrogens (tertiary/aromatic N) is 3. The molecule has 0 unspecified atom stereocenters. The number of carbonyl (C=O) groups is 1. The lowest BCUT2D eigenvalue weighted by molar-refractivity contribution is 0.0941. The van der Waals surface area contributed by atoms with Gasteiger partial charge in [0, 0.05) is 18.5 Å². The first-order valence-electron chi connectivity index (χ1n) is 6.59. The van der Waals surface area contributed by atoms with Crippen molar-refractivity contribution in [2.45, 2.75) is 0 Å². The normalized spacial score (nSPS) is 10.5. The number of hydrogen-bond donors (Lipinski definition) is 1.